The van der Waals surface area contributed by atoms with Crippen LogP contribution in [0, 0.1) is 11.6 Å². The number of nitrogens with one attached hydrogen (secondary N) is 1. The summed E-state index contributed by atoms with van der Waals surface area (Å²) in [5.74, 6) is -1.24. The molecular formula is C14H17F2NO2. The standard InChI is InChI=1S/C14H17F2NO2/c1-19-7-4-13(18)17-9-14(5-6-14)11-3-2-10(15)8-12(11)16/h2-3,8H,4-7,9H2,1H3,(H,17,18). The fourth-order valence-corrected chi connectivity index (χ4v) is 2.16. The highest BCUT2D eigenvalue weighted by Gasteiger charge is 2.46. The van der Waals surface area contributed by atoms with Gasteiger partial charge < -0.3 is 10.1 Å². The number of amides is 1. The van der Waals surface area contributed by atoms with Crippen LogP contribution in [0.15, 0.2) is 18.2 Å². The molecular weight excluding hydrogens is 252 g/mol. The SMILES string of the molecule is COCCC(=O)NCC1(c2ccc(F)cc2F)CC1. The Bertz CT molecular complexity index is 473. The lowest BCUT2D eigenvalue weighted by molar-refractivity contribution is -0.122. The maximum atomic E-state index is 13.7. The maximum absolute atomic E-state index is 13.7. The Morgan fingerprint density at radius 2 is 2.16 bits per heavy atom. The van der Waals surface area contributed by atoms with Crippen LogP contribution in [0.1, 0.15) is 24.8 Å². The molecule has 0 aliphatic heterocycles. The van der Waals surface area contributed by atoms with E-state index in [0.29, 0.717) is 25.1 Å². The highest BCUT2D eigenvalue weighted by atomic mass is 19.1. The summed E-state index contributed by atoms with van der Waals surface area (Å²) in [4.78, 5) is 11.5. The van der Waals surface area contributed by atoms with Gasteiger partial charge in [0.05, 0.1) is 6.61 Å². The lowest BCUT2D eigenvalue weighted by Gasteiger charge is -2.17. The molecule has 1 aliphatic rings. The number of carbonyl (C=O) groups is 1. The number of hydrogen-bond acceptors (Lipinski definition) is 2. The van der Waals surface area contributed by atoms with E-state index in [-0.39, 0.29) is 11.3 Å². The molecule has 0 unspecified atom stereocenters. The van der Waals surface area contributed by atoms with Crippen molar-refractivity contribution in [2.24, 2.45) is 0 Å². The van der Waals surface area contributed by atoms with Crippen molar-refractivity contribution in [1.82, 2.24) is 5.32 Å². The number of ether oxygens (including phenoxy) is 1. The van der Waals surface area contributed by atoms with Gasteiger partial charge >= 0.3 is 0 Å². The molecule has 3 nitrogen and oxygen atoms in total. The Kier molecular flexibility index (Phi) is 4.14. The summed E-state index contributed by atoms with van der Waals surface area (Å²) in [6.45, 7) is 0.752. The zero-order valence-corrected chi connectivity index (χ0v) is 10.8. The Morgan fingerprint density at radius 1 is 1.42 bits per heavy atom. The Hall–Kier alpha value is -1.49. The number of methoxy groups -OCH3 is 1. The predicted molar refractivity (Wildman–Crippen MR) is 66.8 cm³/mol. The van der Waals surface area contributed by atoms with Crippen LogP contribution in [0.3, 0.4) is 0 Å². The van der Waals surface area contributed by atoms with Gasteiger partial charge in [-0.1, -0.05) is 6.07 Å². The molecule has 2 rings (SSSR count). The van der Waals surface area contributed by atoms with Gasteiger partial charge in [-0.3, -0.25) is 4.79 Å². The summed E-state index contributed by atoms with van der Waals surface area (Å²) >= 11 is 0. The van der Waals surface area contributed by atoms with E-state index in [0.717, 1.165) is 18.9 Å². The van der Waals surface area contributed by atoms with Crippen molar-refractivity contribution in [2.45, 2.75) is 24.7 Å². The van der Waals surface area contributed by atoms with Gasteiger partial charge in [-0.05, 0) is 24.5 Å². The smallest absolute Gasteiger partial charge is 0.222 e. The lowest BCUT2D eigenvalue weighted by atomic mass is 9.95. The molecule has 1 fully saturated rings. The van der Waals surface area contributed by atoms with Crippen LogP contribution in [0.4, 0.5) is 8.78 Å². The van der Waals surface area contributed by atoms with Crippen LogP contribution in [0.2, 0.25) is 0 Å². The van der Waals surface area contributed by atoms with E-state index >= 15 is 0 Å². The van der Waals surface area contributed by atoms with Crippen molar-refractivity contribution < 1.29 is 18.3 Å². The molecule has 1 N–H and O–H groups in total. The van der Waals surface area contributed by atoms with Crippen molar-refractivity contribution in [2.75, 3.05) is 20.3 Å². The molecule has 1 amide bonds. The van der Waals surface area contributed by atoms with Crippen LogP contribution in [0.25, 0.3) is 0 Å². The van der Waals surface area contributed by atoms with Gasteiger partial charge in [-0.2, -0.15) is 0 Å². The Balaban J connectivity index is 1.97. The Morgan fingerprint density at radius 3 is 2.74 bits per heavy atom. The molecule has 0 spiro atoms. The number of carbonyl (C=O) groups excluding carboxylic acids is 1. The van der Waals surface area contributed by atoms with E-state index in [9.17, 15) is 13.6 Å². The zero-order valence-electron chi connectivity index (χ0n) is 10.8. The molecule has 0 aromatic heterocycles. The van der Waals surface area contributed by atoms with E-state index in [1.807, 2.05) is 0 Å². The predicted octanol–water partition coefficient (Wildman–Crippen LogP) is 2.15. The third kappa shape index (κ3) is 3.29. The van der Waals surface area contributed by atoms with Gasteiger partial charge in [-0.15, -0.1) is 0 Å². The van der Waals surface area contributed by atoms with E-state index < -0.39 is 11.6 Å². The molecule has 1 aromatic carbocycles. The van der Waals surface area contributed by atoms with Gasteiger partial charge in [0.2, 0.25) is 5.91 Å². The molecule has 104 valence electrons. The van der Waals surface area contributed by atoms with Crippen molar-refractivity contribution in [1.29, 1.82) is 0 Å². The minimum absolute atomic E-state index is 0.115. The topological polar surface area (TPSA) is 38.3 Å². The number of rotatable bonds is 6. The van der Waals surface area contributed by atoms with Gasteiger partial charge in [-0.25, -0.2) is 8.78 Å². The van der Waals surface area contributed by atoms with Gasteiger partial charge in [0.15, 0.2) is 0 Å². The van der Waals surface area contributed by atoms with Gasteiger partial charge in [0.1, 0.15) is 11.6 Å². The van der Waals surface area contributed by atoms with E-state index in [1.54, 1.807) is 0 Å². The first-order valence-electron chi connectivity index (χ1n) is 6.28. The first-order chi connectivity index (χ1) is 9.07. The number of hydrogen-bond donors (Lipinski definition) is 1. The molecule has 0 heterocycles. The van der Waals surface area contributed by atoms with Crippen molar-refractivity contribution in [3.05, 3.63) is 35.4 Å². The highest BCUT2D eigenvalue weighted by Crippen LogP contribution is 2.48. The normalized spacial score (nSPS) is 16.2. The van der Waals surface area contributed by atoms with Crippen LogP contribution >= 0.6 is 0 Å². The molecule has 0 radical (unpaired) electrons. The molecule has 0 bridgehead atoms. The third-order valence-corrected chi connectivity index (χ3v) is 3.51. The van der Waals surface area contributed by atoms with Gasteiger partial charge in [0.25, 0.3) is 0 Å². The van der Waals surface area contributed by atoms with E-state index in [4.69, 9.17) is 4.74 Å². The fraction of sp³-hybridized carbons (Fsp3) is 0.500. The summed E-state index contributed by atoms with van der Waals surface area (Å²) in [7, 11) is 1.53. The Labute approximate surface area is 111 Å². The quantitative estimate of drug-likeness (QED) is 0.859. The maximum Gasteiger partial charge on any atom is 0.222 e. The molecule has 19 heavy (non-hydrogen) atoms. The zero-order chi connectivity index (χ0) is 13.9. The van der Waals surface area contributed by atoms with Crippen LogP contribution < -0.4 is 5.32 Å². The second kappa shape index (κ2) is 5.65. The lowest BCUT2D eigenvalue weighted by Crippen LogP contribution is -2.33. The summed E-state index contributed by atoms with van der Waals surface area (Å²) in [6, 6.07) is 3.62. The molecule has 1 aliphatic carbocycles. The number of halogens is 2. The molecule has 5 heteroatoms. The second-order valence-corrected chi connectivity index (χ2v) is 4.92. The van der Waals surface area contributed by atoms with Crippen LogP contribution in [0.5, 0.6) is 0 Å². The largest absolute Gasteiger partial charge is 0.384 e. The first-order valence-corrected chi connectivity index (χ1v) is 6.28. The minimum Gasteiger partial charge on any atom is -0.384 e. The van der Waals surface area contributed by atoms with Crippen LogP contribution in [-0.2, 0) is 14.9 Å². The molecule has 0 atom stereocenters. The van der Waals surface area contributed by atoms with Gasteiger partial charge in [0, 0.05) is 31.6 Å². The van der Waals surface area contributed by atoms with E-state index in [2.05, 4.69) is 5.32 Å². The molecule has 1 saturated carbocycles. The molecule has 0 saturated heterocycles. The van der Waals surface area contributed by atoms with E-state index in [1.165, 1.54) is 19.2 Å². The summed E-state index contributed by atoms with van der Waals surface area (Å²) in [5, 5.41) is 2.78. The minimum atomic E-state index is -0.582. The second-order valence-electron chi connectivity index (χ2n) is 4.92. The fourth-order valence-electron chi connectivity index (χ4n) is 2.16. The third-order valence-electron chi connectivity index (χ3n) is 3.51. The van der Waals surface area contributed by atoms with Crippen molar-refractivity contribution >= 4 is 5.91 Å². The van der Waals surface area contributed by atoms with Crippen molar-refractivity contribution in [3.8, 4) is 0 Å². The average Bonchev–Trinajstić information content (AvgIpc) is 3.15. The first kappa shape index (κ1) is 13.9. The molecule has 1 aromatic rings. The number of benzene rings is 1. The summed E-state index contributed by atoms with van der Waals surface area (Å²) < 4.78 is 31.4. The van der Waals surface area contributed by atoms with Crippen LogP contribution in [-0.4, -0.2) is 26.2 Å². The average molecular weight is 269 g/mol. The monoisotopic (exact) mass is 269 g/mol. The van der Waals surface area contributed by atoms with Crippen molar-refractivity contribution in [3.63, 3.8) is 0 Å². The highest BCUT2D eigenvalue weighted by molar-refractivity contribution is 5.76. The summed E-state index contributed by atoms with van der Waals surface area (Å²) in [5.41, 5.74) is 0.126. The summed E-state index contributed by atoms with van der Waals surface area (Å²) in [6.07, 6.45) is 1.90.